The number of carbonyl (C=O) groups excluding carboxylic acids is 1. The fourth-order valence-electron chi connectivity index (χ4n) is 3.26. The van der Waals surface area contributed by atoms with Crippen molar-refractivity contribution in [1.82, 2.24) is 15.3 Å². The number of hydrogen-bond donors (Lipinski definition) is 2. The van der Waals surface area contributed by atoms with Crippen LogP contribution in [0.1, 0.15) is 18.4 Å². The number of rotatable bonds is 8. The van der Waals surface area contributed by atoms with Gasteiger partial charge in [0, 0.05) is 30.1 Å². The molecule has 3 aromatic rings. The number of anilines is 1. The molecule has 0 bridgehead atoms. The summed E-state index contributed by atoms with van der Waals surface area (Å²) in [7, 11) is 0. The number of nitrogens with zero attached hydrogens (tertiary/aromatic N) is 2. The van der Waals surface area contributed by atoms with Crippen LogP contribution in [0.3, 0.4) is 0 Å². The van der Waals surface area contributed by atoms with Crippen molar-refractivity contribution >= 4 is 46.0 Å². The first kappa shape index (κ1) is 20.9. The molecule has 156 valence electrons. The van der Waals surface area contributed by atoms with Crippen molar-refractivity contribution in [3.05, 3.63) is 59.1 Å². The van der Waals surface area contributed by atoms with E-state index in [2.05, 4.69) is 20.6 Å². The Bertz CT molecular complexity index is 1010. The second-order valence-corrected chi connectivity index (χ2v) is 8.46. The highest BCUT2D eigenvalue weighted by atomic mass is 35.5. The van der Waals surface area contributed by atoms with Crippen LogP contribution in [0.4, 0.5) is 5.82 Å². The Morgan fingerprint density at radius 2 is 2.00 bits per heavy atom. The molecule has 0 radical (unpaired) electrons. The molecule has 1 atom stereocenters. The fraction of sp³-hybridized carbons (Fsp3) is 0.318. The molecule has 6 nitrogen and oxygen atoms in total. The van der Waals surface area contributed by atoms with E-state index in [1.807, 2.05) is 48.5 Å². The number of carbonyl (C=O) groups is 1. The molecule has 1 unspecified atom stereocenters. The Labute approximate surface area is 184 Å². The number of aromatic nitrogens is 2. The van der Waals surface area contributed by atoms with Crippen molar-refractivity contribution < 1.29 is 9.53 Å². The zero-order valence-electron chi connectivity index (χ0n) is 16.4. The van der Waals surface area contributed by atoms with Gasteiger partial charge in [-0.3, -0.25) is 4.79 Å². The molecule has 1 fully saturated rings. The van der Waals surface area contributed by atoms with E-state index >= 15 is 0 Å². The molecule has 1 saturated heterocycles. The maximum Gasteiger partial charge on any atom is 0.230 e. The van der Waals surface area contributed by atoms with Crippen LogP contribution >= 0.6 is 23.4 Å². The van der Waals surface area contributed by atoms with Crippen LogP contribution in [0.2, 0.25) is 5.02 Å². The third-order valence-electron chi connectivity index (χ3n) is 4.84. The first-order chi connectivity index (χ1) is 14.7. The molecule has 1 aliphatic heterocycles. The van der Waals surface area contributed by atoms with Crippen LogP contribution in [0.25, 0.3) is 10.9 Å². The Hall–Kier alpha value is -2.35. The maximum atomic E-state index is 12.2. The lowest BCUT2D eigenvalue weighted by Gasteiger charge is -2.12. The van der Waals surface area contributed by atoms with Crippen molar-refractivity contribution in [1.29, 1.82) is 0 Å². The lowest BCUT2D eigenvalue weighted by atomic mass is 10.2. The van der Waals surface area contributed by atoms with Gasteiger partial charge in [-0.25, -0.2) is 9.97 Å². The average Bonchev–Trinajstić information content (AvgIpc) is 3.29. The SMILES string of the molecule is O=C(CSc1nc(NCc2ccc(Cl)cc2)c2ccccc2n1)NCC1CCCO1. The number of ether oxygens (including phenoxy) is 1. The van der Waals surface area contributed by atoms with Gasteiger partial charge in [0.1, 0.15) is 5.82 Å². The molecule has 4 rings (SSSR count). The third kappa shape index (κ3) is 5.62. The van der Waals surface area contributed by atoms with Crippen LogP contribution in [0, 0.1) is 0 Å². The van der Waals surface area contributed by atoms with Crippen molar-refractivity contribution in [3.8, 4) is 0 Å². The first-order valence-corrected chi connectivity index (χ1v) is 11.3. The Kier molecular flexibility index (Phi) is 7.04. The van der Waals surface area contributed by atoms with Gasteiger partial charge in [-0.1, -0.05) is 47.6 Å². The molecule has 1 amide bonds. The van der Waals surface area contributed by atoms with E-state index in [1.54, 1.807) is 0 Å². The van der Waals surface area contributed by atoms with Gasteiger partial charge in [0.25, 0.3) is 0 Å². The van der Waals surface area contributed by atoms with Crippen LogP contribution in [-0.2, 0) is 16.1 Å². The second-order valence-electron chi connectivity index (χ2n) is 7.08. The van der Waals surface area contributed by atoms with Gasteiger partial charge in [0.15, 0.2) is 5.16 Å². The summed E-state index contributed by atoms with van der Waals surface area (Å²) in [6.45, 7) is 1.96. The molecule has 2 heterocycles. The summed E-state index contributed by atoms with van der Waals surface area (Å²) in [4.78, 5) is 21.4. The zero-order chi connectivity index (χ0) is 20.8. The molecule has 1 aromatic heterocycles. The summed E-state index contributed by atoms with van der Waals surface area (Å²) in [5, 5.41) is 8.54. The summed E-state index contributed by atoms with van der Waals surface area (Å²) in [5.74, 6) is 0.975. The summed E-state index contributed by atoms with van der Waals surface area (Å²) < 4.78 is 5.54. The Morgan fingerprint density at radius 1 is 1.17 bits per heavy atom. The van der Waals surface area contributed by atoms with Gasteiger partial charge in [-0.15, -0.1) is 0 Å². The highest BCUT2D eigenvalue weighted by molar-refractivity contribution is 7.99. The van der Waals surface area contributed by atoms with Crippen LogP contribution in [0.5, 0.6) is 0 Å². The van der Waals surface area contributed by atoms with E-state index in [4.69, 9.17) is 16.3 Å². The second kappa shape index (κ2) is 10.1. The van der Waals surface area contributed by atoms with Crippen molar-refractivity contribution in [2.24, 2.45) is 0 Å². The number of fused-ring (bicyclic) bond motifs is 1. The number of para-hydroxylation sites is 1. The van der Waals surface area contributed by atoms with Gasteiger partial charge < -0.3 is 15.4 Å². The minimum Gasteiger partial charge on any atom is -0.376 e. The third-order valence-corrected chi connectivity index (χ3v) is 5.94. The standard InChI is InChI=1S/C22H23ClN4O2S/c23-16-9-7-15(8-10-16)12-25-21-18-5-1-2-6-19(18)26-22(27-21)30-14-20(28)24-13-17-4-3-11-29-17/h1-2,5-10,17H,3-4,11-14H2,(H,24,28)(H,25,26,27). The predicted octanol–water partition coefficient (Wildman–Crippen LogP) is 4.28. The number of thioether (sulfide) groups is 1. The molecule has 1 aliphatic rings. The monoisotopic (exact) mass is 442 g/mol. The minimum atomic E-state index is -0.0390. The quantitative estimate of drug-likeness (QED) is 0.400. The van der Waals surface area contributed by atoms with Crippen molar-refractivity contribution in [3.63, 3.8) is 0 Å². The van der Waals surface area contributed by atoms with Gasteiger partial charge in [0.2, 0.25) is 5.91 Å². The summed E-state index contributed by atoms with van der Waals surface area (Å²) in [5.41, 5.74) is 1.94. The molecule has 8 heteroatoms. The Morgan fingerprint density at radius 3 is 2.80 bits per heavy atom. The number of benzene rings is 2. The van der Waals surface area contributed by atoms with Gasteiger partial charge in [-0.2, -0.15) is 0 Å². The smallest absolute Gasteiger partial charge is 0.230 e. The van der Waals surface area contributed by atoms with Crippen LogP contribution < -0.4 is 10.6 Å². The largest absolute Gasteiger partial charge is 0.376 e. The molecule has 0 aliphatic carbocycles. The summed E-state index contributed by atoms with van der Waals surface area (Å²) in [6, 6.07) is 15.5. The number of nitrogens with one attached hydrogen (secondary N) is 2. The van der Waals surface area contributed by atoms with Crippen molar-refractivity contribution in [2.45, 2.75) is 30.6 Å². The highest BCUT2D eigenvalue weighted by Gasteiger charge is 2.16. The molecular formula is C22H23ClN4O2S. The van der Waals surface area contributed by atoms with E-state index in [9.17, 15) is 4.79 Å². The zero-order valence-corrected chi connectivity index (χ0v) is 18.0. The van der Waals surface area contributed by atoms with E-state index in [1.165, 1.54) is 11.8 Å². The van der Waals surface area contributed by atoms with Crippen LogP contribution in [0.15, 0.2) is 53.7 Å². The van der Waals surface area contributed by atoms with Crippen LogP contribution in [-0.4, -0.2) is 40.9 Å². The molecule has 2 N–H and O–H groups in total. The normalized spacial score (nSPS) is 16.0. The highest BCUT2D eigenvalue weighted by Crippen LogP contribution is 2.25. The van der Waals surface area contributed by atoms with Gasteiger partial charge >= 0.3 is 0 Å². The topological polar surface area (TPSA) is 76.1 Å². The lowest BCUT2D eigenvalue weighted by molar-refractivity contribution is -0.119. The molecule has 0 spiro atoms. The maximum absolute atomic E-state index is 12.2. The van der Waals surface area contributed by atoms with E-state index in [0.29, 0.717) is 23.3 Å². The Balaban J connectivity index is 1.41. The number of hydrogen-bond acceptors (Lipinski definition) is 6. The average molecular weight is 443 g/mol. The number of halogens is 1. The molecule has 30 heavy (non-hydrogen) atoms. The lowest BCUT2D eigenvalue weighted by Crippen LogP contribution is -2.32. The number of amides is 1. The van der Waals surface area contributed by atoms with Crippen molar-refractivity contribution in [2.75, 3.05) is 24.2 Å². The van der Waals surface area contributed by atoms with Gasteiger partial charge in [-0.05, 0) is 42.7 Å². The summed E-state index contributed by atoms with van der Waals surface area (Å²) in [6.07, 6.45) is 2.20. The molecule has 0 saturated carbocycles. The summed E-state index contributed by atoms with van der Waals surface area (Å²) >= 11 is 7.30. The fourth-order valence-corrected chi connectivity index (χ4v) is 4.06. The molecular weight excluding hydrogens is 420 g/mol. The van der Waals surface area contributed by atoms with E-state index in [0.717, 1.165) is 41.7 Å². The van der Waals surface area contributed by atoms with E-state index in [-0.39, 0.29) is 17.8 Å². The molecule has 2 aromatic carbocycles. The first-order valence-electron chi connectivity index (χ1n) is 9.93. The van der Waals surface area contributed by atoms with E-state index < -0.39 is 0 Å². The predicted molar refractivity (Wildman–Crippen MR) is 121 cm³/mol. The van der Waals surface area contributed by atoms with Gasteiger partial charge in [0.05, 0.1) is 17.4 Å². The minimum absolute atomic E-state index is 0.0390.